The van der Waals surface area contributed by atoms with Crippen molar-refractivity contribution >= 4 is 44.7 Å². The van der Waals surface area contributed by atoms with Crippen molar-refractivity contribution in [2.24, 2.45) is 0 Å². The molecule has 0 saturated carbocycles. The molecule has 0 aliphatic heterocycles. The van der Waals surface area contributed by atoms with Gasteiger partial charge >= 0.3 is 0 Å². The maximum Gasteiger partial charge on any atom is 0.262 e. The average Bonchev–Trinajstić information content (AvgIpc) is 3.14. The standard InChI is InChI=1S/C17H13ClFN3O2S/c18-11-6-9(4-5-12(11)19)21-14(23)7-22-8-20-16-15(17(22)24)10-2-1-3-13(10)25-16/h4-6,8H,1-3,7H2,(H,21,23). The van der Waals surface area contributed by atoms with Gasteiger partial charge in [0.15, 0.2) is 0 Å². The highest BCUT2D eigenvalue weighted by Gasteiger charge is 2.21. The number of thiophene rings is 1. The molecule has 4 rings (SSSR count). The Kier molecular flexibility index (Phi) is 4.05. The minimum Gasteiger partial charge on any atom is -0.324 e. The van der Waals surface area contributed by atoms with Crippen molar-refractivity contribution in [2.75, 3.05) is 5.32 Å². The number of anilines is 1. The van der Waals surface area contributed by atoms with Gasteiger partial charge in [-0.3, -0.25) is 14.2 Å². The van der Waals surface area contributed by atoms with Crippen LogP contribution >= 0.6 is 22.9 Å². The van der Waals surface area contributed by atoms with Crippen LogP contribution in [-0.2, 0) is 24.2 Å². The van der Waals surface area contributed by atoms with Crippen LogP contribution in [0.4, 0.5) is 10.1 Å². The van der Waals surface area contributed by atoms with E-state index in [4.69, 9.17) is 11.6 Å². The summed E-state index contributed by atoms with van der Waals surface area (Å²) in [5.41, 5.74) is 1.25. The topological polar surface area (TPSA) is 64.0 Å². The Morgan fingerprint density at radius 3 is 3.04 bits per heavy atom. The lowest BCUT2D eigenvalue weighted by molar-refractivity contribution is -0.116. The van der Waals surface area contributed by atoms with Crippen LogP contribution in [0, 0.1) is 5.82 Å². The van der Waals surface area contributed by atoms with Crippen LogP contribution in [0.25, 0.3) is 10.2 Å². The third-order valence-electron chi connectivity index (χ3n) is 4.21. The van der Waals surface area contributed by atoms with Gasteiger partial charge in [-0.05, 0) is 43.0 Å². The van der Waals surface area contributed by atoms with E-state index in [2.05, 4.69) is 10.3 Å². The molecule has 0 saturated heterocycles. The number of halogens is 2. The lowest BCUT2D eigenvalue weighted by Gasteiger charge is -2.08. The molecule has 0 atom stereocenters. The molecule has 1 aliphatic carbocycles. The number of hydrogen-bond acceptors (Lipinski definition) is 4. The van der Waals surface area contributed by atoms with E-state index in [9.17, 15) is 14.0 Å². The molecule has 1 aliphatic rings. The first kappa shape index (κ1) is 16.2. The number of aryl methyl sites for hydroxylation is 2. The van der Waals surface area contributed by atoms with Gasteiger partial charge in [0.25, 0.3) is 5.56 Å². The monoisotopic (exact) mass is 377 g/mol. The number of rotatable bonds is 3. The number of aromatic nitrogens is 2. The summed E-state index contributed by atoms with van der Waals surface area (Å²) in [6, 6.07) is 3.91. The van der Waals surface area contributed by atoms with Crippen LogP contribution < -0.4 is 10.9 Å². The van der Waals surface area contributed by atoms with Crippen LogP contribution in [0.1, 0.15) is 16.9 Å². The van der Waals surface area contributed by atoms with Crippen molar-refractivity contribution in [3.05, 3.63) is 56.2 Å². The third-order valence-corrected chi connectivity index (χ3v) is 5.70. The molecule has 1 aromatic carbocycles. The van der Waals surface area contributed by atoms with E-state index in [1.54, 1.807) is 11.3 Å². The van der Waals surface area contributed by atoms with Gasteiger partial charge in [-0.15, -0.1) is 11.3 Å². The molecule has 8 heteroatoms. The summed E-state index contributed by atoms with van der Waals surface area (Å²) in [6.07, 6.45) is 4.32. The lowest BCUT2D eigenvalue weighted by atomic mass is 10.2. The minimum absolute atomic E-state index is 0.0770. The van der Waals surface area contributed by atoms with Gasteiger partial charge in [0.1, 0.15) is 17.2 Å². The first-order valence-electron chi connectivity index (χ1n) is 7.77. The summed E-state index contributed by atoms with van der Waals surface area (Å²) in [6.45, 7) is -0.165. The third kappa shape index (κ3) is 2.94. The SMILES string of the molecule is O=C(Cn1cnc2sc3c(c2c1=O)CCC3)Nc1ccc(F)c(Cl)c1. The van der Waals surface area contributed by atoms with Gasteiger partial charge in [0, 0.05) is 10.6 Å². The highest BCUT2D eigenvalue weighted by atomic mass is 35.5. The summed E-state index contributed by atoms with van der Waals surface area (Å²) in [7, 11) is 0. The van der Waals surface area contributed by atoms with Crippen molar-refractivity contribution in [1.82, 2.24) is 9.55 Å². The zero-order valence-corrected chi connectivity index (χ0v) is 14.6. The molecule has 0 fully saturated rings. The van der Waals surface area contributed by atoms with Crippen LogP contribution in [0.2, 0.25) is 5.02 Å². The van der Waals surface area contributed by atoms with E-state index < -0.39 is 11.7 Å². The molecule has 1 N–H and O–H groups in total. The van der Waals surface area contributed by atoms with Gasteiger partial charge in [0.2, 0.25) is 5.91 Å². The van der Waals surface area contributed by atoms with Crippen LogP contribution in [0.5, 0.6) is 0 Å². The number of nitrogens with one attached hydrogen (secondary N) is 1. The molecule has 2 heterocycles. The summed E-state index contributed by atoms with van der Waals surface area (Å²) in [5.74, 6) is -0.963. The Hall–Kier alpha value is -2.25. The fourth-order valence-electron chi connectivity index (χ4n) is 3.06. The quantitative estimate of drug-likeness (QED) is 0.761. The molecule has 0 bridgehead atoms. The Balaban J connectivity index is 1.60. The molecular weight excluding hydrogens is 365 g/mol. The molecule has 3 aromatic rings. The Bertz CT molecular complexity index is 1060. The van der Waals surface area contributed by atoms with Crippen molar-refractivity contribution in [3.63, 3.8) is 0 Å². The second kappa shape index (κ2) is 6.24. The van der Waals surface area contributed by atoms with Gasteiger partial charge < -0.3 is 5.32 Å². The van der Waals surface area contributed by atoms with Crippen molar-refractivity contribution in [2.45, 2.75) is 25.8 Å². The van der Waals surface area contributed by atoms with Crippen molar-refractivity contribution in [3.8, 4) is 0 Å². The molecule has 0 radical (unpaired) electrons. The van der Waals surface area contributed by atoms with E-state index in [-0.39, 0.29) is 17.1 Å². The predicted octanol–water partition coefficient (Wildman–Crippen LogP) is 3.38. The van der Waals surface area contributed by atoms with Gasteiger partial charge in [0.05, 0.1) is 16.7 Å². The maximum absolute atomic E-state index is 13.2. The van der Waals surface area contributed by atoms with Crippen LogP contribution in [0.15, 0.2) is 29.3 Å². The maximum atomic E-state index is 13.2. The molecule has 1 amide bonds. The van der Waals surface area contributed by atoms with Gasteiger partial charge in [-0.25, -0.2) is 9.37 Å². The second-order valence-corrected chi connectivity index (χ2v) is 7.38. The van der Waals surface area contributed by atoms with Gasteiger partial charge in [-0.1, -0.05) is 11.6 Å². The fraction of sp³-hybridized carbons (Fsp3) is 0.235. The number of carbonyl (C=O) groups is 1. The number of benzene rings is 1. The highest BCUT2D eigenvalue weighted by Crippen LogP contribution is 2.34. The van der Waals surface area contributed by atoms with E-state index in [0.717, 1.165) is 29.7 Å². The normalized spacial score (nSPS) is 13.2. The smallest absolute Gasteiger partial charge is 0.262 e. The zero-order chi connectivity index (χ0) is 17.6. The summed E-state index contributed by atoms with van der Waals surface area (Å²) < 4.78 is 14.5. The molecule has 0 spiro atoms. The van der Waals surface area contributed by atoms with Crippen molar-refractivity contribution < 1.29 is 9.18 Å². The molecule has 5 nitrogen and oxygen atoms in total. The number of carbonyl (C=O) groups excluding carboxylic acids is 1. The largest absolute Gasteiger partial charge is 0.324 e. The predicted molar refractivity (Wildman–Crippen MR) is 95.9 cm³/mol. The fourth-order valence-corrected chi connectivity index (χ4v) is 4.46. The number of hydrogen-bond donors (Lipinski definition) is 1. The number of nitrogens with zero attached hydrogens (tertiary/aromatic N) is 2. The number of amides is 1. The van der Waals surface area contributed by atoms with Gasteiger partial charge in [-0.2, -0.15) is 0 Å². The minimum atomic E-state index is -0.558. The Morgan fingerprint density at radius 2 is 2.24 bits per heavy atom. The highest BCUT2D eigenvalue weighted by molar-refractivity contribution is 7.18. The number of fused-ring (bicyclic) bond motifs is 3. The molecular formula is C17H13ClFN3O2S. The summed E-state index contributed by atoms with van der Waals surface area (Å²) in [4.78, 5) is 31.2. The second-order valence-electron chi connectivity index (χ2n) is 5.89. The van der Waals surface area contributed by atoms with Crippen LogP contribution in [-0.4, -0.2) is 15.5 Å². The van der Waals surface area contributed by atoms with E-state index in [0.29, 0.717) is 11.1 Å². The first-order chi connectivity index (χ1) is 12.0. The Labute approximate surface area is 151 Å². The molecule has 2 aromatic heterocycles. The molecule has 128 valence electrons. The first-order valence-corrected chi connectivity index (χ1v) is 8.97. The van der Waals surface area contributed by atoms with Crippen molar-refractivity contribution in [1.29, 1.82) is 0 Å². The lowest BCUT2D eigenvalue weighted by Crippen LogP contribution is -2.28. The Morgan fingerprint density at radius 1 is 1.40 bits per heavy atom. The average molecular weight is 378 g/mol. The molecule has 25 heavy (non-hydrogen) atoms. The van der Waals surface area contributed by atoms with E-state index >= 15 is 0 Å². The van der Waals surface area contributed by atoms with Crippen LogP contribution in [0.3, 0.4) is 0 Å². The van der Waals surface area contributed by atoms with E-state index in [1.807, 2.05) is 0 Å². The zero-order valence-electron chi connectivity index (χ0n) is 13.0. The summed E-state index contributed by atoms with van der Waals surface area (Å²) in [5, 5.41) is 3.16. The molecule has 0 unspecified atom stereocenters. The summed E-state index contributed by atoms with van der Waals surface area (Å²) >= 11 is 7.26. The van der Waals surface area contributed by atoms with E-state index in [1.165, 1.54) is 34.0 Å².